The van der Waals surface area contributed by atoms with Crippen LogP contribution in [0.25, 0.3) is 0 Å². The van der Waals surface area contributed by atoms with E-state index in [-0.39, 0.29) is 11.1 Å². The lowest BCUT2D eigenvalue weighted by atomic mass is 10.1. The number of nitrogens with zero attached hydrogens (tertiary/aromatic N) is 2. The molecule has 0 aliphatic carbocycles. The number of halogens is 4. The van der Waals surface area contributed by atoms with Gasteiger partial charge in [-0.05, 0) is 89.6 Å². The Labute approximate surface area is 227 Å². The van der Waals surface area contributed by atoms with Gasteiger partial charge in [0.2, 0.25) is 12.2 Å². The number of isocyanates is 2. The maximum Gasteiger partial charge on any atom is 0.252 e. The summed E-state index contributed by atoms with van der Waals surface area (Å²) in [5, 5.41) is -2.31. The number of hydrogen-bond donors (Lipinski definition) is 0. The topological polar surface area (TPSA) is 127 Å². The summed E-state index contributed by atoms with van der Waals surface area (Å²) in [5.74, 6) is 0. The molecule has 2 aromatic carbocycles. The number of aliphatic imine (C=N–C) groups is 2. The van der Waals surface area contributed by atoms with E-state index in [4.69, 9.17) is 46.4 Å². The Bertz CT molecular complexity index is 1040. The molecule has 0 aliphatic rings. The normalized spacial score (nSPS) is 9.11. The number of carbonyl (C=O) groups is 4. The molecule has 0 spiro atoms. The highest BCUT2D eigenvalue weighted by Crippen LogP contribution is 2.10. The number of unbranched alkanes of at least 4 members (excludes halogenated alkanes) is 3. The molecule has 0 fully saturated rings. The van der Waals surface area contributed by atoms with Crippen molar-refractivity contribution in [3.8, 4) is 0 Å². The van der Waals surface area contributed by atoms with Crippen molar-refractivity contribution in [2.45, 2.75) is 25.7 Å². The molecule has 36 heavy (non-hydrogen) atoms. The highest BCUT2D eigenvalue weighted by atomic mass is 35.5. The molecule has 0 radical (unpaired) electrons. The summed E-state index contributed by atoms with van der Waals surface area (Å²) in [4.78, 5) is 68.5. The zero-order valence-corrected chi connectivity index (χ0v) is 21.7. The smallest absolute Gasteiger partial charge is 0.252 e. The van der Waals surface area contributed by atoms with Crippen LogP contribution in [-0.2, 0) is 9.59 Å². The molecular weight excluding hydrogens is 554 g/mol. The van der Waals surface area contributed by atoms with Crippen LogP contribution in [-0.4, -0.2) is 46.2 Å². The predicted molar refractivity (Wildman–Crippen MR) is 138 cm³/mol. The van der Waals surface area contributed by atoms with E-state index in [1.807, 2.05) is 0 Å². The zero-order valence-electron chi connectivity index (χ0n) is 18.7. The standard InChI is InChI=1S/2C8H4Cl2O2.C8H12N2O2/c9-7(11)5-1-2-6(4-3-5)8(10)12;9-7(11)5-2-1-3-6(4-5)8(10)12;11-7-9-5-3-1-2-4-6-10-8-12/h2*1-4H;1-6H2. The molecule has 2 aromatic rings. The molecule has 0 atom stereocenters. The molecule has 0 amide bonds. The SMILES string of the molecule is O=C(Cl)c1ccc(C(=O)Cl)cc1.O=C(Cl)c1cccc(C(=O)Cl)c1.O=C=NCCCCCCN=C=O. The molecule has 2 rings (SSSR count). The fourth-order valence-corrected chi connectivity index (χ4v) is 2.81. The Hall–Kier alpha value is -2.96. The Kier molecular flexibility index (Phi) is 18.6. The lowest BCUT2D eigenvalue weighted by molar-refractivity contribution is 0.107. The first-order chi connectivity index (χ1) is 17.1. The summed E-state index contributed by atoms with van der Waals surface area (Å²) in [6.07, 6.45) is 6.80. The van der Waals surface area contributed by atoms with Gasteiger partial charge in [0.15, 0.2) is 0 Å². The van der Waals surface area contributed by atoms with E-state index in [0.29, 0.717) is 24.2 Å². The van der Waals surface area contributed by atoms with E-state index >= 15 is 0 Å². The van der Waals surface area contributed by atoms with E-state index in [2.05, 4.69) is 9.98 Å². The average Bonchev–Trinajstić information content (AvgIpc) is 2.86. The van der Waals surface area contributed by atoms with Crippen LogP contribution < -0.4 is 0 Å². The highest BCUT2D eigenvalue weighted by molar-refractivity contribution is 6.69. The van der Waals surface area contributed by atoms with Gasteiger partial charge in [-0.25, -0.2) is 19.6 Å². The van der Waals surface area contributed by atoms with Gasteiger partial charge in [0.25, 0.3) is 21.0 Å². The van der Waals surface area contributed by atoms with Gasteiger partial charge in [-0.3, -0.25) is 19.2 Å². The maximum atomic E-state index is 10.6. The molecule has 0 unspecified atom stereocenters. The lowest BCUT2D eigenvalue weighted by Crippen LogP contribution is -1.93. The summed E-state index contributed by atoms with van der Waals surface area (Å²) in [6.45, 7) is 1.11. The quantitative estimate of drug-likeness (QED) is 0.138. The van der Waals surface area contributed by atoms with E-state index in [0.717, 1.165) is 25.7 Å². The zero-order chi connectivity index (χ0) is 27.3. The second-order valence-electron chi connectivity index (χ2n) is 6.61. The third-order valence-corrected chi connectivity index (χ3v) is 4.95. The van der Waals surface area contributed by atoms with Gasteiger partial charge >= 0.3 is 0 Å². The van der Waals surface area contributed by atoms with Crippen molar-refractivity contribution in [3.63, 3.8) is 0 Å². The Balaban J connectivity index is 0.000000510. The highest BCUT2D eigenvalue weighted by Gasteiger charge is 2.06. The van der Waals surface area contributed by atoms with Crippen molar-refractivity contribution in [3.05, 3.63) is 70.8 Å². The van der Waals surface area contributed by atoms with Crippen molar-refractivity contribution in [1.29, 1.82) is 0 Å². The summed E-state index contributed by atoms with van der Waals surface area (Å²) in [7, 11) is 0. The molecular formula is C24H20Cl4N2O6. The fourth-order valence-electron chi connectivity index (χ4n) is 2.32. The third-order valence-electron chi connectivity index (χ3n) is 4.07. The lowest BCUT2D eigenvalue weighted by Gasteiger charge is -1.95. The van der Waals surface area contributed by atoms with Gasteiger partial charge in [0.05, 0.1) is 13.1 Å². The van der Waals surface area contributed by atoms with Crippen molar-refractivity contribution >= 4 is 79.5 Å². The summed E-state index contributed by atoms with van der Waals surface area (Å²) in [5.41, 5.74) is 1.23. The first kappa shape index (κ1) is 33.0. The minimum Gasteiger partial charge on any atom is -0.276 e. The summed E-state index contributed by atoms with van der Waals surface area (Å²) >= 11 is 20.7. The van der Waals surface area contributed by atoms with Crippen molar-refractivity contribution in [2.24, 2.45) is 9.98 Å². The van der Waals surface area contributed by atoms with Crippen LogP contribution in [0.4, 0.5) is 0 Å². The monoisotopic (exact) mass is 572 g/mol. The van der Waals surface area contributed by atoms with Gasteiger partial charge in [-0.1, -0.05) is 31.0 Å². The van der Waals surface area contributed by atoms with Crippen molar-refractivity contribution < 1.29 is 28.8 Å². The molecule has 0 saturated carbocycles. The van der Waals surface area contributed by atoms with Crippen LogP contribution in [0.1, 0.15) is 67.1 Å². The van der Waals surface area contributed by atoms with Crippen molar-refractivity contribution in [1.82, 2.24) is 0 Å². The van der Waals surface area contributed by atoms with Crippen LogP contribution >= 0.6 is 46.4 Å². The van der Waals surface area contributed by atoms with Crippen LogP contribution in [0.15, 0.2) is 58.5 Å². The van der Waals surface area contributed by atoms with E-state index in [9.17, 15) is 28.8 Å². The largest absolute Gasteiger partial charge is 0.276 e. The first-order valence-electron chi connectivity index (χ1n) is 10.2. The number of benzene rings is 2. The molecule has 12 heteroatoms. The Morgan fingerprint density at radius 3 is 1.17 bits per heavy atom. The Morgan fingerprint density at radius 1 is 0.556 bits per heavy atom. The van der Waals surface area contributed by atoms with Crippen LogP contribution in [0, 0.1) is 0 Å². The minimum atomic E-state index is -0.602. The van der Waals surface area contributed by atoms with Crippen LogP contribution in [0.2, 0.25) is 0 Å². The van der Waals surface area contributed by atoms with Crippen LogP contribution in [0.5, 0.6) is 0 Å². The molecule has 0 N–H and O–H groups in total. The molecule has 0 aliphatic heterocycles. The third kappa shape index (κ3) is 15.8. The van der Waals surface area contributed by atoms with E-state index in [1.165, 1.54) is 54.6 Å². The number of rotatable bonds is 11. The molecule has 190 valence electrons. The number of carbonyl (C=O) groups excluding carboxylic acids is 6. The fraction of sp³-hybridized carbons (Fsp3) is 0.250. The maximum absolute atomic E-state index is 10.6. The molecule has 0 saturated heterocycles. The molecule has 0 bridgehead atoms. The second-order valence-corrected chi connectivity index (χ2v) is 7.99. The summed E-state index contributed by atoms with van der Waals surface area (Å²) < 4.78 is 0. The van der Waals surface area contributed by atoms with Crippen LogP contribution in [0.3, 0.4) is 0 Å². The van der Waals surface area contributed by atoms with Gasteiger partial charge < -0.3 is 0 Å². The minimum absolute atomic E-state index is 0.267. The Morgan fingerprint density at radius 2 is 0.889 bits per heavy atom. The predicted octanol–water partition coefficient (Wildman–Crippen LogP) is 6.11. The molecule has 8 nitrogen and oxygen atoms in total. The summed E-state index contributed by atoms with van der Waals surface area (Å²) in [6, 6.07) is 11.7. The second kappa shape index (κ2) is 20.3. The average molecular weight is 574 g/mol. The van der Waals surface area contributed by atoms with Gasteiger partial charge in [0, 0.05) is 22.3 Å². The van der Waals surface area contributed by atoms with Gasteiger partial charge in [-0.2, -0.15) is 0 Å². The molecule has 0 aromatic heterocycles. The first-order valence-corrected chi connectivity index (χ1v) is 11.7. The number of hydrogen-bond acceptors (Lipinski definition) is 8. The van der Waals surface area contributed by atoms with Crippen molar-refractivity contribution in [2.75, 3.05) is 13.1 Å². The van der Waals surface area contributed by atoms with E-state index < -0.39 is 21.0 Å². The van der Waals surface area contributed by atoms with Gasteiger partial charge in [-0.15, -0.1) is 0 Å². The van der Waals surface area contributed by atoms with E-state index in [1.54, 1.807) is 6.07 Å². The van der Waals surface area contributed by atoms with Gasteiger partial charge in [0.1, 0.15) is 0 Å². The molecule has 0 heterocycles.